The second kappa shape index (κ2) is 12.1. The maximum Gasteiger partial charge on any atom is 0.240 e. The lowest BCUT2D eigenvalue weighted by Crippen LogP contribution is -2.28. The Hall–Kier alpha value is -6.85. The molecular formula is C51H37N5. The summed E-state index contributed by atoms with van der Waals surface area (Å²) in [5.41, 5.74) is 13.3. The molecule has 1 fully saturated rings. The summed E-state index contributed by atoms with van der Waals surface area (Å²) < 4.78 is 4.50. The lowest BCUT2D eigenvalue weighted by molar-refractivity contribution is 0.353. The van der Waals surface area contributed by atoms with Crippen molar-refractivity contribution in [3.05, 3.63) is 175 Å². The summed E-state index contributed by atoms with van der Waals surface area (Å²) in [4.78, 5) is 16.1. The van der Waals surface area contributed by atoms with Gasteiger partial charge in [-0.2, -0.15) is 15.0 Å². The third kappa shape index (κ3) is 4.51. The molecule has 0 aliphatic heterocycles. The van der Waals surface area contributed by atoms with Gasteiger partial charge in [-0.25, -0.2) is 0 Å². The maximum atomic E-state index is 5.45. The highest BCUT2D eigenvalue weighted by Crippen LogP contribution is 2.57. The zero-order chi connectivity index (χ0) is 36.8. The fourth-order valence-corrected chi connectivity index (χ4v) is 10.1. The Balaban J connectivity index is 1.15. The highest BCUT2D eigenvalue weighted by molar-refractivity contribution is 6.12. The Bertz CT molecular complexity index is 3110. The molecule has 1 saturated carbocycles. The fourth-order valence-electron chi connectivity index (χ4n) is 10.1. The second-order valence-electron chi connectivity index (χ2n) is 15.5. The smallest absolute Gasteiger partial charge is 0.240 e. The summed E-state index contributed by atoms with van der Waals surface area (Å²) in [6, 6.07) is 59.0. The molecule has 7 aromatic carbocycles. The molecule has 266 valence electrons. The van der Waals surface area contributed by atoms with Crippen molar-refractivity contribution in [1.82, 2.24) is 24.1 Å². The summed E-state index contributed by atoms with van der Waals surface area (Å²) in [5.74, 6) is 1.84. The predicted octanol–water partition coefficient (Wildman–Crippen LogP) is 12.6. The molecular weight excluding hydrogens is 683 g/mol. The van der Waals surface area contributed by atoms with E-state index in [4.69, 9.17) is 15.0 Å². The van der Waals surface area contributed by atoms with E-state index < -0.39 is 0 Å². The lowest BCUT2D eigenvalue weighted by Gasteiger charge is -2.36. The van der Waals surface area contributed by atoms with Crippen LogP contribution in [0, 0.1) is 0 Å². The molecule has 3 aromatic heterocycles. The summed E-state index contributed by atoms with van der Waals surface area (Å²) in [7, 11) is 0. The number of aromatic nitrogens is 5. The Morgan fingerprint density at radius 3 is 1.55 bits per heavy atom. The molecule has 0 radical (unpaired) electrons. The minimum absolute atomic E-state index is 0.0263. The molecule has 0 saturated heterocycles. The molecule has 0 N–H and O–H groups in total. The van der Waals surface area contributed by atoms with Gasteiger partial charge in [-0.1, -0.05) is 153 Å². The fraction of sp³-hybridized carbons (Fsp3) is 0.118. The van der Waals surface area contributed by atoms with E-state index in [1.54, 1.807) is 0 Å². The van der Waals surface area contributed by atoms with E-state index in [0.717, 1.165) is 33.2 Å². The van der Waals surface area contributed by atoms with Crippen molar-refractivity contribution in [3.63, 3.8) is 0 Å². The van der Waals surface area contributed by atoms with Crippen LogP contribution in [0.2, 0.25) is 0 Å². The zero-order valence-corrected chi connectivity index (χ0v) is 30.9. The van der Waals surface area contributed by atoms with E-state index in [9.17, 15) is 0 Å². The van der Waals surface area contributed by atoms with Crippen LogP contribution in [-0.4, -0.2) is 24.1 Å². The van der Waals surface area contributed by atoms with Gasteiger partial charge >= 0.3 is 0 Å². The van der Waals surface area contributed by atoms with E-state index in [2.05, 4.69) is 173 Å². The number of benzene rings is 7. The van der Waals surface area contributed by atoms with Crippen molar-refractivity contribution in [2.75, 3.05) is 0 Å². The van der Waals surface area contributed by atoms with Gasteiger partial charge in [-0.15, -0.1) is 0 Å². The molecule has 12 rings (SSSR count). The number of fused-ring (bicyclic) bond motifs is 11. The van der Waals surface area contributed by atoms with Crippen LogP contribution < -0.4 is 0 Å². The summed E-state index contributed by atoms with van der Waals surface area (Å²) in [5, 5.41) is 4.75. The number of para-hydroxylation sites is 3. The van der Waals surface area contributed by atoms with Crippen molar-refractivity contribution in [2.45, 2.75) is 37.5 Å². The molecule has 2 aliphatic carbocycles. The average Bonchev–Trinajstić information content (AvgIpc) is 3.87. The summed E-state index contributed by atoms with van der Waals surface area (Å²) in [6.45, 7) is 0. The van der Waals surface area contributed by atoms with Gasteiger partial charge in [0.25, 0.3) is 0 Å². The van der Waals surface area contributed by atoms with Crippen LogP contribution in [0.4, 0.5) is 0 Å². The molecule has 0 unspecified atom stereocenters. The third-order valence-corrected chi connectivity index (χ3v) is 12.6. The number of rotatable bonds is 4. The Kier molecular flexibility index (Phi) is 6.79. The van der Waals surface area contributed by atoms with Crippen molar-refractivity contribution >= 4 is 43.6 Å². The molecule has 2 aliphatic rings. The molecule has 0 atom stereocenters. The minimum atomic E-state index is 0.0263. The van der Waals surface area contributed by atoms with Gasteiger partial charge in [-0.3, -0.25) is 9.13 Å². The van der Waals surface area contributed by atoms with Crippen LogP contribution in [0.1, 0.15) is 43.2 Å². The van der Waals surface area contributed by atoms with E-state index in [-0.39, 0.29) is 5.41 Å². The van der Waals surface area contributed by atoms with Crippen LogP contribution in [0.3, 0.4) is 0 Å². The van der Waals surface area contributed by atoms with Crippen LogP contribution >= 0.6 is 0 Å². The molecule has 1 spiro atoms. The molecule has 5 heteroatoms. The van der Waals surface area contributed by atoms with E-state index >= 15 is 0 Å². The van der Waals surface area contributed by atoms with Crippen LogP contribution in [0.5, 0.6) is 0 Å². The third-order valence-electron chi connectivity index (χ3n) is 12.6. The normalized spacial score (nSPS) is 14.6. The van der Waals surface area contributed by atoms with Gasteiger partial charge < -0.3 is 0 Å². The molecule has 0 bridgehead atoms. The highest BCUT2D eigenvalue weighted by atomic mass is 15.3. The summed E-state index contributed by atoms with van der Waals surface area (Å²) in [6.07, 6.45) is 6.14. The minimum Gasteiger partial charge on any atom is -0.278 e. The van der Waals surface area contributed by atoms with Crippen molar-refractivity contribution < 1.29 is 0 Å². The first-order chi connectivity index (χ1) is 27.7. The topological polar surface area (TPSA) is 48.5 Å². The Morgan fingerprint density at radius 1 is 0.375 bits per heavy atom. The zero-order valence-electron chi connectivity index (χ0n) is 30.9. The van der Waals surface area contributed by atoms with E-state index in [1.807, 2.05) is 0 Å². The first-order valence-electron chi connectivity index (χ1n) is 19.8. The first-order valence-corrected chi connectivity index (χ1v) is 19.8. The molecule has 0 amide bonds. The average molecular weight is 720 g/mol. The number of nitrogens with zero attached hydrogens (tertiary/aromatic N) is 5. The Labute approximate surface area is 324 Å². The van der Waals surface area contributed by atoms with Gasteiger partial charge in [-0.05, 0) is 76.6 Å². The maximum absolute atomic E-state index is 5.45. The van der Waals surface area contributed by atoms with Gasteiger partial charge in [0.2, 0.25) is 11.9 Å². The highest BCUT2D eigenvalue weighted by Gasteiger charge is 2.44. The largest absolute Gasteiger partial charge is 0.278 e. The molecule has 3 heterocycles. The monoisotopic (exact) mass is 719 g/mol. The van der Waals surface area contributed by atoms with Crippen molar-refractivity contribution in [1.29, 1.82) is 0 Å². The van der Waals surface area contributed by atoms with Crippen LogP contribution in [0.15, 0.2) is 164 Å². The number of hydrogen-bond acceptors (Lipinski definition) is 3. The van der Waals surface area contributed by atoms with Crippen molar-refractivity contribution in [3.8, 4) is 45.5 Å². The SMILES string of the molecule is c1ccc(-c2ccc(-c3nc(-n4c5ccccc5c5ccccc54)nc(-n4c5ccccc5c5cc6c(cc54)C4(CCCCC4)c4ccccc4-6)n3)cc2)cc1. The van der Waals surface area contributed by atoms with Crippen LogP contribution in [-0.2, 0) is 5.41 Å². The van der Waals surface area contributed by atoms with E-state index in [0.29, 0.717) is 17.7 Å². The second-order valence-corrected chi connectivity index (χ2v) is 15.5. The number of hydrogen-bond donors (Lipinski definition) is 0. The Morgan fingerprint density at radius 2 is 0.893 bits per heavy atom. The summed E-state index contributed by atoms with van der Waals surface area (Å²) >= 11 is 0. The van der Waals surface area contributed by atoms with Crippen molar-refractivity contribution in [2.24, 2.45) is 0 Å². The molecule has 56 heavy (non-hydrogen) atoms. The van der Waals surface area contributed by atoms with Gasteiger partial charge in [0, 0.05) is 32.5 Å². The van der Waals surface area contributed by atoms with E-state index in [1.165, 1.54) is 81.5 Å². The molecule has 5 nitrogen and oxygen atoms in total. The lowest BCUT2D eigenvalue weighted by atomic mass is 9.68. The predicted molar refractivity (Wildman–Crippen MR) is 229 cm³/mol. The first kappa shape index (κ1) is 31.5. The standard InChI is InChI=1S/C51H37N5/c1-3-15-33(16-4-1)34-25-27-35(28-26-34)48-52-49(55-44-22-10-6-18-37(44)38-19-7-11-23-45(38)55)54-50(53-48)56-46-24-12-8-20-39(46)41-31-40-36-17-5-9-21-42(36)51(29-13-2-14-30-51)43(40)32-47(41)56/h1,3-12,15-28,31-32H,2,13-14,29-30H2. The quantitative estimate of drug-likeness (QED) is 0.182. The van der Waals surface area contributed by atoms with Gasteiger partial charge in [0.05, 0.1) is 22.1 Å². The van der Waals surface area contributed by atoms with Gasteiger partial charge in [0.1, 0.15) is 0 Å². The van der Waals surface area contributed by atoms with Crippen LogP contribution in [0.25, 0.3) is 89.2 Å². The molecule has 10 aromatic rings. The van der Waals surface area contributed by atoms with Gasteiger partial charge in [0.15, 0.2) is 5.82 Å².